The molecule has 0 spiro atoms. The molecule has 0 heterocycles. The van der Waals surface area contributed by atoms with Gasteiger partial charge in [-0.15, -0.1) is 0 Å². The second-order valence-electron chi connectivity index (χ2n) is 6.76. The van der Waals surface area contributed by atoms with Crippen LogP contribution in [0.3, 0.4) is 0 Å². The Balaban J connectivity index is 1.45. The Morgan fingerprint density at radius 3 is 1.81 bits per heavy atom. The fraction of sp³-hybridized carbons (Fsp3) is 0. The van der Waals surface area contributed by atoms with Crippen molar-refractivity contribution >= 4 is 45.8 Å². The highest BCUT2D eigenvalue weighted by Gasteiger charge is 2.12. The Labute approximate surface area is 197 Å². The molecule has 0 fully saturated rings. The van der Waals surface area contributed by atoms with Crippen molar-refractivity contribution in [3.63, 3.8) is 0 Å². The fourth-order valence-corrected chi connectivity index (χ4v) is 4.62. The van der Waals surface area contributed by atoms with Gasteiger partial charge in [-0.3, -0.25) is 14.9 Å². The van der Waals surface area contributed by atoms with Gasteiger partial charge in [-0.05, 0) is 88.3 Å². The van der Waals surface area contributed by atoms with Crippen molar-refractivity contribution in [1.29, 1.82) is 0 Å². The van der Waals surface area contributed by atoms with Gasteiger partial charge < -0.3 is 0 Å². The molecule has 0 atom stereocenters. The zero-order chi connectivity index (χ0) is 21.8. The largest absolute Gasteiger partial charge is 0.289 e. The lowest BCUT2D eigenvalue weighted by atomic mass is 10.0. The molecular formula is C25H16INO3S. The predicted octanol–water partition coefficient (Wildman–Crippen LogP) is 7.25. The van der Waals surface area contributed by atoms with Gasteiger partial charge in [0, 0.05) is 36.6 Å². The molecule has 4 aromatic carbocycles. The number of rotatable bonds is 6. The van der Waals surface area contributed by atoms with E-state index in [9.17, 15) is 14.9 Å². The van der Waals surface area contributed by atoms with Gasteiger partial charge in [0.2, 0.25) is 0 Å². The van der Waals surface area contributed by atoms with Crippen LogP contribution >= 0.6 is 34.4 Å². The number of nitrogens with zero attached hydrogens (tertiary/aromatic N) is 1. The highest BCUT2D eigenvalue weighted by Crippen LogP contribution is 2.31. The summed E-state index contributed by atoms with van der Waals surface area (Å²) in [5, 5.41) is 10.8. The molecule has 4 rings (SSSR count). The number of carbonyl (C=O) groups excluding carboxylic acids is 1. The van der Waals surface area contributed by atoms with Crippen molar-refractivity contribution in [1.82, 2.24) is 0 Å². The third kappa shape index (κ3) is 5.03. The third-order valence-electron chi connectivity index (χ3n) is 4.73. The van der Waals surface area contributed by atoms with E-state index in [-0.39, 0.29) is 11.5 Å². The number of carbonyl (C=O) groups is 1. The van der Waals surface area contributed by atoms with E-state index in [2.05, 4.69) is 59.0 Å². The zero-order valence-corrected chi connectivity index (χ0v) is 19.2. The first-order valence-electron chi connectivity index (χ1n) is 9.43. The lowest BCUT2D eigenvalue weighted by Crippen LogP contribution is -2.01. The van der Waals surface area contributed by atoms with Crippen molar-refractivity contribution in [3.05, 3.63) is 122 Å². The average Bonchev–Trinajstić information content (AvgIpc) is 2.80. The molecule has 152 valence electrons. The monoisotopic (exact) mass is 537 g/mol. The summed E-state index contributed by atoms with van der Waals surface area (Å²) in [4.78, 5) is 25.0. The van der Waals surface area contributed by atoms with Crippen molar-refractivity contribution in [3.8, 4) is 11.1 Å². The van der Waals surface area contributed by atoms with Crippen molar-refractivity contribution < 1.29 is 9.72 Å². The molecule has 0 saturated carbocycles. The highest BCUT2D eigenvalue weighted by molar-refractivity contribution is 14.1. The first-order valence-corrected chi connectivity index (χ1v) is 11.3. The average molecular weight is 537 g/mol. The van der Waals surface area contributed by atoms with Crippen LogP contribution in [0, 0.1) is 13.7 Å². The SMILES string of the molecule is O=C(c1ccc(Sc2ccc(-c3ccccc3I)cc2)cc1)c1ccc([N+](=O)[O-])cc1. The maximum absolute atomic E-state index is 12.6. The van der Waals surface area contributed by atoms with Crippen LogP contribution in [0.15, 0.2) is 107 Å². The molecule has 31 heavy (non-hydrogen) atoms. The van der Waals surface area contributed by atoms with Crippen molar-refractivity contribution in [2.24, 2.45) is 0 Å². The molecule has 0 unspecified atom stereocenters. The maximum Gasteiger partial charge on any atom is 0.269 e. The summed E-state index contributed by atoms with van der Waals surface area (Å²) in [5.41, 5.74) is 3.34. The number of non-ortho nitro benzene ring substituents is 1. The third-order valence-corrected chi connectivity index (χ3v) is 6.69. The molecule has 4 nitrogen and oxygen atoms in total. The van der Waals surface area contributed by atoms with Crippen LogP contribution in [0.5, 0.6) is 0 Å². The first-order chi connectivity index (χ1) is 15.0. The van der Waals surface area contributed by atoms with Crippen LogP contribution in [0.4, 0.5) is 5.69 Å². The summed E-state index contributed by atoms with van der Waals surface area (Å²) in [6.45, 7) is 0. The molecule has 0 aliphatic rings. The van der Waals surface area contributed by atoms with Crippen LogP contribution in [-0.2, 0) is 0 Å². The van der Waals surface area contributed by atoms with Crippen LogP contribution in [0.2, 0.25) is 0 Å². The highest BCUT2D eigenvalue weighted by atomic mass is 127. The number of nitro benzene ring substituents is 1. The van der Waals surface area contributed by atoms with E-state index in [1.165, 1.54) is 39.0 Å². The topological polar surface area (TPSA) is 60.2 Å². The number of hydrogen-bond donors (Lipinski definition) is 0. The zero-order valence-electron chi connectivity index (χ0n) is 16.2. The first kappa shape index (κ1) is 21.3. The lowest BCUT2D eigenvalue weighted by Gasteiger charge is -2.07. The van der Waals surface area contributed by atoms with Crippen LogP contribution < -0.4 is 0 Å². The molecule has 0 aliphatic carbocycles. The van der Waals surface area contributed by atoms with Crippen LogP contribution in [0.25, 0.3) is 11.1 Å². The number of hydrogen-bond acceptors (Lipinski definition) is 4. The molecule has 0 N–H and O–H groups in total. The van der Waals surface area contributed by atoms with Gasteiger partial charge in [0.1, 0.15) is 0 Å². The minimum Gasteiger partial charge on any atom is -0.289 e. The van der Waals surface area contributed by atoms with Gasteiger partial charge in [0.05, 0.1) is 4.92 Å². The Kier molecular flexibility index (Phi) is 6.48. The van der Waals surface area contributed by atoms with Gasteiger partial charge in [0.25, 0.3) is 5.69 Å². The summed E-state index contributed by atoms with van der Waals surface area (Å²) in [6, 6.07) is 29.8. The summed E-state index contributed by atoms with van der Waals surface area (Å²) >= 11 is 3.97. The Morgan fingerprint density at radius 1 is 0.742 bits per heavy atom. The summed E-state index contributed by atoms with van der Waals surface area (Å²) in [6.07, 6.45) is 0. The molecule has 6 heteroatoms. The Morgan fingerprint density at radius 2 is 1.26 bits per heavy atom. The summed E-state index contributed by atoms with van der Waals surface area (Å²) in [5.74, 6) is -0.159. The van der Waals surface area contributed by atoms with E-state index < -0.39 is 4.92 Å². The van der Waals surface area contributed by atoms with E-state index in [0.29, 0.717) is 11.1 Å². The minimum atomic E-state index is -0.479. The van der Waals surface area contributed by atoms with E-state index >= 15 is 0 Å². The molecular weight excluding hydrogens is 521 g/mol. The maximum atomic E-state index is 12.6. The van der Waals surface area contributed by atoms with Gasteiger partial charge in [-0.25, -0.2) is 0 Å². The normalized spacial score (nSPS) is 10.6. The standard InChI is InChI=1S/C25H16INO3S/c26-24-4-2-1-3-23(24)17-7-13-21(14-8-17)31-22-15-9-19(10-16-22)25(28)18-5-11-20(12-6-18)27(29)30/h1-16H. The molecule has 0 radical (unpaired) electrons. The number of ketones is 1. The second-order valence-corrected chi connectivity index (χ2v) is 9.07. The molecule has 0 aliphatic heterocycles. The van der Waals surface area contributed by atoms with Crippen molar-refractivity contribution in [2.75, 3.05) is 0 Å². The lowest BCUT2D eigenvalue weighted by molar-refractivity contribution is -0.384. The fourth-order valence-electron chi connectivity index (χ4n) is 3.11. The Hall–Kier alpha value is -2.97. The predicted molar refractivity (Wildman–Crippen MR) is 132 cm³/mol. The quantitative estimate of drug-likeness (QED) is 0.113. The molecule has 0 aromatic heterocycles. The van der Waals surface area contributed by atoms with Crippen LogP contribution in [-0.4, -0.2) is 10.7 Å². The van der Waals surface area contributed by atoms with Gasteiger partial charge in [-0.1, -0.05) is 42.1 Å². The van der Waals surface area contributed by atoms with E-state index in [1.54, 1.807) is 23.9 Å². The van der Waals surface area contributed by atoms with E-state index in [4.69, 9.17) is 0 Å². The van der Waals surface area contributed by atoms with Gasteiger partial charge in [0.15, 0.2) is 5.78 Å². The van der Waals surface area contributed by atoms with E-state index in [0.717, 1.165) is 9.79 Å². The van der Waals surface area contributed by atoms with Gasteiger partial charge in [-0.2, -0.15) is 0 Å². The van der Waals surface area contributed by atoms with E-state index in [1.807, 2.05) is 24.3 Å². The Bertz CT molecular complexity index is 1240. The smallest absolute Gasteiger partial charge is 0.269 e. The second kappa shape index (κ2) is 9.45. The number of nitro groups is 1. The van der Waals surface area contributed by atoms with Crippen molar-refractivity contribution in [2.45, 2.75) is 9.79 Å². The molecule has 0 bridgehead atoms. The number of benzene rings is 4. The molecule has 0 amide bonds. The van der Waals surface area contributed by atoms with Gasteiger partial charge >= 0.3 is 0 Å². The molecule has 0 saturated heterocycles. The minimum absolute atomic E-state index is 0.0312. The summed E-state index contributed by atoms with van der Waals surface area (Å²) in [7, 11) is 0. The molecule has 4 aromatic rings. The number of halogens is 1. The van der Waals surface area contributed by atoms with Crippen LogP contribution in [0.1, 0.15) is 15.9 Å². The summed E-state index contributed by atoms with van der Waals surface area (Å²) < 4.78 is 1.22.